The molecule has 0 aromatic rings. The Balaban J connectivity index is 4.85. The molecule has 0 aliphatic carbocycles. The molecule has 0 aliphatic heterocycles. The number of alkyl halides is 3. The van der Waals surface area contributed by atoms with Gasteiger partial charge in [-0.1, -0.05) is 13.8 Å². The van der Waals surface area contributed by atoms with Gasteiger partial charge in [0.1, 0.15) is 5.97 Å². The van der Waals surface area contributed by atoms with Gasteiger partial charge >= 0.3 is 6.18 Å². The van der Waals surface area contributed by atoms with Gasteiger partial charge < -0.3 is 15.6 Å². The maximum atomic E-state index is 12.2. The summed E-state index contributed by atoms with van der Waals surface area (Å²) in [6.07, 6.45) is -5.44. The summed E-state index contributed by atoms with van der Waals surface area (Å²) in [6.45, 7) is 2.99. The predicted molar refractivity (Wildman–Crippen MR) is 36.1 cm³/mol. The molecule has 0 radical (unpaired) electrons. The zero-order valence-corrected chi connectivity index (χ0v) is 7.44. The summed E-state index contributed by atoms with van der Waals surface area (Å²) in [7, 11) is 0. The third kappa shape index (κ3) is 2.58. The summed E-state index contributed by atoms with van der Waals surface area (Å²) in [5.74, 6) is -2.58. The Kier molecular flexibility index (Phi) is 3.32. The van der Waals surface area contributed by atoms with Crippen molar-refractivity contribution in [3.63, 3.8) is 0 Å². The molecular weight excluding hydrogens is 187 g/mol. The molecule has 0 bridgehead atoms. The number of hydrogen-bond acceptors (Lipinski definition) is 2. The molecule has 0 aliphatic rings. The topological polar surface area (TPSA) is 67.8 Å². The van der Waals surface area contributed by atoms with E-state index < -0.39 is 30.0 Å². The van der Waals surface area contributed by atoms with E-state index in [0.29, 0.717) is 0 Å². The molecule has 78 valence electrons. The predicted octanol–water partition coefficient (Wildman–Crippen LogP) is -0.675. The van der Waals surface area contributed by atoms with Crippen molar-refractivity contribution in [2.75, 3.05) is 0 Å². The fraction of sp³-hybridized carbons (Fsp3) is 0.857. The van der Waals surface area contributed by atoms with Crippen molar-refractivity contribution in [2.24, 2.45) is 5.92 Å². The van der Waals surface area contributed by atoms with E-state index in [4.69, 9.17) is 0 Å². The minimum absolute atomic E-state index is 0.406. The Labute approximate surface area is 73.7 Å². The second kappa shape index (κ2) is 3.53. The van der Waals surface area contributed by atoms with Crippen LogP contribution in [0.25, 0.3) is 0 Å². The van der Waals surface area contributed by atoms with E-state index in [1.807, 2.05) is 0 Å². The van der Waals surface area contributed by atoms with E-state index in [9.17, 15) is 23.1 Å². The summed E-state index contributed by atoms with van der Waals surface area (Å²) in [5, 5.41) is 10.3. The smallest absolute Gasteiger partial charge is 0.450 e. The van der Waals surface area contributed by atoms with Crippen LogP contribution < -0.4 is 10.8 Å². The largest absolute Gasteiger partial charge is 0.543 e. The van der Waals surface area contributed by atoms with Gasteiger partial charge in [0.15, 0.2) is 0 Å². The monoisotopic (exact) mass is 199 g/mol. The Hall–Kier alpha value is -0.780. The highest BCUT2D eigenvalue weighted by Crippen LogP contribution is 2.31. The van der Waals surface area contributed by atoms with Gasteiger partial charge in [-0.2, -0.15) is 13.2 Å². The summed E-state index contributed by atoms with van der Waals surface area (Å²) >= 11 is 0. The second-order valence-corrected chi connectivity index (χ2v) is 3.47. The van der Waals surface area contributed by atoms with Gasteiger partial charge in [-0.15, -0.1) is 0 Å². The van der Waals surface area contributed by atoms with Crippen LogP contribution in [0.1, 0.15) is 20.3 Å². The molecule has 0 saturated carbocycles. The van der Waals surface area contributed by atoms with Crippen molar-refractivity contribution >= 4 is 5.97 Å². The lowest BCUT2D eigenvalue weighted by Gasteiger charge is -2.30. The first-order valence-corrected chi connectivity index (χ1v) is 3.75. The van der Waals surface area contributed by atoms with E-state index in [0.717, 1.165) is 0 Å². The standard InChI is InChI=1S/C7H12F3NO2/c1-4(2)3-6(11,5(12)13)7(8,9)10/h4H,3,11H2,1-2H3,(H,12,13)/t6-/m0/s1. The highest BCUT2D eigenvalue weighted by Gasteiger charge is 2.57. The number of carboxylic acid groups (broad SMARTS) is 1. The molecule has 0 unspecified atom stereocenters. The first-order chi connectivity index (χ1) is 5.61. The lowest BCUT2D eigenvalue weighted by atomic mass is 9.89. The van der Waals surface area contributed by atoms with E-state index >= 15 is 0 Å². The molecule has 0 heterocycles. The summed E-state index contributed by atoms with van der Waals surface area (Å²) < 4.78 is 36.7. The third-order valence-electron chi connectivity index (χ3n) is 1.69. The van der Waals surface area contributed by atoms with Gasteiger partial charge in [0.25, 0.3) is 0 Å². The summed E-state index contributed by atoms with van der Waals surface area (Å²) in [4.78, 5) is 10.3. The minimum Gasteiger partial charge on any atom is -0.543 e. The van der Waals surface area contributed by atoms with E-state index in [1.54, 1.807) is 0 Å². The lowest BCUT2D eigenvalue weighted by Crippen LogP contribution is -2.85. The maximum absolute atomic E-state index is 12.2. The van der Waals surface area contributed by atoms with E-state index in [2.05, 4.69) is 5.73 Å². The molecule has 0 aromatic heterocycles. The van der Waals surface area contributed by atoms with E-state index in [1.165, 1.54) is 13.8 Å². The van der Waals surface area contributed by atoms with Gasteiger partial charge in [-0.3, -0.25) is 0 Å². The molecule has 3 N–H and O–H groups in total. The normalized spacial score (nSPS) is 17.2. The SMILES string of the molecule is CC(C)C[C@]([NH3+])(C(=O)[O-])C(F)(F)F. The third-order valence-corrected chi connectivity index (χ3v) is 1.69. The van der Waals surface area contributed by atoms with Crippen molar-refractivity contribution in [3.05, 3.63) is 0 Å². The van der Waals surface area contributed by atoms with Crippen molar-refractivity contribution < 1.29 is 28.8 Å². The van der Waals surface area contributed by atoms with Crippen LogP contribution in [-0.2, 0) is 4.79 Å². The van der Waals surface area contributed by atoms with Crippen LogP contribution in [0, 0.1) is 5.92 Å². The maximum Gasteiger partial charge on any atom is 0.450 e. The number of quaternary nitrogens is 1. The molecular formula is C7H12F3NO2. The Morgan fingerprint density at radius 3 is 1.92 bits per heavy atom. The van der Waals surface area contributed by atoms with Crippen molar-refractivity contribution in [3.8, 4) is 0 Å². The first-order valence-electron chi connectivity index (χ1n) is 3.75. The quantitative estimate of drug-likeness (QED) is 0.654. The van der Waals surface area contributed by atoms with Crippen LogP contribution in [0.2, 0.25) is 0 Å². The van der Waals surface area contributed by atoms with Crippen LogP contribution in [0.15, 0.2) is 0 Å². The molecule has 0 aromatic carbocycles. The first kappa shape index (κ1) is 12.2. The van der Waals surface area contributed by atoms with Crippen LogP contribution in [0.3, 0.4) is 0 Å². The van der Waals surface area contributed by atoms with Gasteiger partial charge in [-0.05, 0) is 5.92 Å². The molecule has 0 rings (SSSR count). The molecule has 0 amide bonds. The molecule has 13 heavy (non-hydrogen) atoms. The van der Waals surface area contributed by atoms with Gasteiger partial charge in [0.2, 0.25) is 5.54 Å². The number of carbonyl (C=O) groups is 1. The fourth-order valence-electron chi connectivity index (χ4n) is 1.01. The molecule has 6 heteroatoms. The average Bonchev–Trinajstić information content (AvgIpc) is 1.82. The molecule has 0 fully saturated rings. The van der Waals surface area contributed by atoms with Crippen molar-refractivity contribution in [2.45, 2.75) is 32.0 Å². The summed E-state index contributed by atoms with van der Waals surface area (Å²) in [5.41, 5.74) is -0.292. The highest BCUT2D eigenvalue weighted by molar-refractivity contribution is 5.75. The second-order valence-electron chi connectivity index (χ2n) is 3.47. The zero-order chi connectivity index (χ0) is 10.9. The van der Waals surface area contributed by atoms with Crippen molar-refractivity contribution in [1.82, 2.24) is 0 Å². The van der Waals surface area contributed by atoms with Gasteiger partial charge in [0.05, 0.1) is 0 Å². The Bertz CT molecular complexity index is 202. The van der Waals surface area contributed by atoms with Crippen LogP contribution >= 0.6 is 0 Å². The van der Waals surface area contributed by atoms with Crippen LogP contribution in [0.4, 0.5) is 13.2 Å². The fourth-order valence-corrected chi connectivity index (χ4v) is 1.01. The molecule has 3 nitrogen and oxygen atoms in total. The number of carbonyl (C=O) groups excluding carboxylic acids is 1. The number of hydrogen-bond donors (Lipinski definition) is 1. The van der Waals surface area contributed by atoms with Crippen LogP contribution in [-0.4, -0.2) is 17.7 Å². The summed E-state index contributed by atoms with van der Waals surface area (Å²) in [6, 6.07) is 0. The molecule has 1 atom stereocenters. The van der Waals surface area contributed by atoms with Gasteiger partial charge in [0, 0.05) is 6.42 Å². The van der Waals surface area contributed by atoms with Crippen molar-refractivity contribution in [1.29, 1.82) is 0 Å². The molecule has 0 saturated heterocycles. The Morgan fingerprint density at radius 2 is 1.85 bits per heavy atom. The number of rotatable bonds is 3. The Morgan fingerprint density at radius 1 is 1.46 bits per heavy atom. The lowest BCUT2D eigenvalue weighted by molar-refractivity contribution is -0.542. The number of carboxylic acids is 1. The number of halogens is 3. The highest BCUT2D eigenvalue weighted by atomic mass is 19.4. The average molecular weight is 199 g/mol. The van der Waals surface area contributed by atoms with Gasteiger partial charge in [-0.25, -0.2) is 0 Å². The van der Waals surface area contributed by atoms with E-state index in [-0.39, 0.29) is 0 Å². The molecule has 0 spiro atoms. The van der Waals surface area contributed by atoms with Crippen LogP contribution in [0.5, 0.6) is 0 Å². The minimum atomic E-state index is -4.86. The number of aliphatic carboxylic acids is 1. The zero-order valence-electron chi connectivity index (χ0n) is 7.44.